The van der Waals surface area contributed by atoms with E-state index in [0.29, 0.717) is 12.8 Å². The highest BCUT2D eigenvalue weighted by Gasteiger charge is 2.63. The highest BCUT2D eigenvalue weighted by molar-refractivity contribution is 7.94. The molecule has 1 spiro atoms. The first-order chi connectivity index (χ1) is 9.76. The van der Waals surface area contributed by atoms with Gasteiger partial charge in [0.2, 0.25) is 0 Å². The quantitative estimate of drug-likeness (QED) is 0.792. The van der Waals surface area contributed by atoms with Crippen molar-refractivity contribution in [1.29, 1.82) is 0 Å². The van der Waals surface area contributed by atoms with Crippen LogP contribution in [-0.4, -0.2) is 31.4 Å². The van der Waals surface area contributed by atoms with Crippen molar-refractivity contribution in [3.8, 4) is 0 Å². The number of benzene rings is 1. The van der Waals surface area contributed by atoms with Crippen LogP contribution in [0.3, 0.4) is 0 Å². The zero-order valence-electron chi connectivity index (χ0n) is 11.1. The number of alkyl halides is 1. The molecule has 8 heteroatoms. The van der Waals surface area contributed by atoms with Crippen molar-refractivity contribution in [1.82, 2.24) is 0 Å². The number of sulfone groups is 1. The first-order valence-corrected chi connectivity index (χ1v) is 8.11. The normalized spacial score (nSPS) is 29.1. The second-order valence-corrected chi connectivity index (χ2v) is 7.95. The molecule has 1 saturated carbocycles. The lowest BCUT2D eigenvalue weighted by Crippen LogP contribution is -2.52. The van der Waals surface area contributed by atoms with E-state index < -0.39 is 38.4 Å². The van der Waals surface area contributed by atoms with Crippen LogP contribution < -0.4 is 11.5 Å². The molecule has 1 fully saturated rings. The fourth-order valence-corrected chi connectivity index (χ4v) is 5.13. The number of nitrogen functional groups attached to an aromatic ring is 1. The van der Waals surface area contributed by atoms with Gasteiger partial charge in [-0.05, 0) is 31.0 Å². The summed E-state index contributed by atoms with van der Waals surface area (Å²) < 4.78 is 51.4. The maximum atomic E-state index is 14.0. The Morgan fingerprint density at radius 1 is 1.29 bits per heavy atom. The lowest BCUT2D eigenvalue weighted by molar-refractivity contribution is 0.325. The van der Waals surface area contributed by atoms with Crippen LogP contribution in [0.5, 0.6) is 0 Å². The van der Waals surface area contributed by atoms with Crippen molar-refractivity contribution in [2.24, 2.45) is 10.7 Å². The number of rotatable bonds is 2. The molecule has 21 heavy (non-hydrogen) atoms. The maximum absolute atomic E-state index is 14.0. The van der Waals surface area contributed by atoms with Crippen LogP contribution in [0.2, 0.25) is 0 Å². The molecule has 5 nitrogen and oxygen atoms in total. The third-order valence-electron chi connectivity index (χ3n) is 4.24. The largest absolute Gasteiger partial charge is 0.399 e. The Kier molecular flexibility index (Phi) is 2.82. The number of aliphatic imine (C=N–C) groups is 1. The van der Waals surface area contributed by atoms with Gasteiger partial charge in [0.25, 0.3) is 0 Å². The van der Waals surface area contributed by atoms with Crippen molar-refractivity contribution < 1.29 is 17.2 Å². The molecule has 2 aliphatic rings. The van der Waals surface area contributed by atoms with Crippen molar-refractivity contribution in [2.45, 2.75) is 23.1 Å². The van der Waals surface area contributed by atoms with E-state index in [1.807, 2.05) is 0 Å². The van der Waals surface area contributed by atoms with Gasteiger partial charge in [-0.3, -0.25) is 4.99 Å². The summed E-state index contributed by atoms with van der Waals surface area (Å²) >= 11 is 0. The lowest BCUT2D eigenvalue weighted by Gasteiger charge is -2.35. The minimum Gasteiger partial charge on any atom is -0.399 e. The smallest absolute Gasteiger partial charge is 0.166 e. The molecule has 4 N–H and O–H groups in total. The van der Waals surface area contributed by atoms with Crippen LogP contribution in [0.25, 0.3) is 0 Å². The Hall–Kier alpha value is -1.70. The summed E-state index contributed by atoms with van der Waals surface area (Å²) in [7, 11) is -3.70. The molecule has 0 amide bonds. The number of halogens is 2. The molecule has 1 aromatic rings. The number of anilines is 1. The van der Waals surface area contributed by atoms with E-state index in [0.717, 1.165) is 6.07 Å². The summed E-state index contributed by atoms with van der Waals surface area (Å²) in [5.41, 5.74) is 9.56. The molecular weight excluding hydrogens is 300 g/mol. The minimum absolute atomic E-state index is 0.131. The first kappa shape index (κ1) is 14.2. The van der Waals surface area contributed by atoms with Gasteiger partial charge < -0.3 is 11.5 Å². The van der Waals surface area contributed by atoms with Crippen LogP contribution in [0, 0.1) is 5.82 Å². The Bertz CT molecular complexity index is 744. The molecule has 1 atom stereocenters. The second-order valence-electron chi connectivity index (χ2n) is 5.65. The predicted octanol–water partition coefficient (Wildman–Crippen LogP) is 0.891. The van der Waals surface area contributed by atoms with E-state index in [4.69, 9.17) is 11.5 Å². The highest BCUT2D eigenvalue weighted by atomic mass is 32.2. The molecule has 1 heterocycles. The van der Waals surface area contributed by atoms with Crippen LogP contribution in [0.15, 0.2) is 23.2 Å². The molecule has 1 aromatic carbocycles. The van der Waals surface area contributed by atoms with Crippen LogP contribution in [0.4, 0.5) is 14.5 Å². The topological polar surface area (TPSA) is 98.5 Å². The zero-order chi connectivity index (χ0) is 15.5. The average molecular weight is 315 g/mol. The van der Waals surface area contributed by atoms with E-state index in [1.54, 1.807) is 0 Å². The predicted molar refractivity (Wildman–Crippen MR) is 75.8 cm³/mol. The minimum atomic E-state index is -3.70. The third-order valence-corrected chi connectivity index (χ3v) is 6.91. The van der Waals surface area contributed by atoms with E-state index in [9.17, 15) is 17.2 Å². The summed E-state index contributed by atoms with van der Waals surface area (Å²) in [4.78, 5) is 4.06. The number of hydrogen-bond acceptors (Lipinski definition) is 5. The number of nitrogens with zero attached hydrogens (tertiary/aromatic N) is 1. The Morgan fingerprint density at radius 2 is 1.95 bits per heavy atom. The first-order valence-electron chi connectivity index (χ1n) is 6.46. The van der Waals surface area contributed by atoms with E-state index in [2.05, 4.69) is 4.99 Å². The molecule has 3 rings (SSSR count). The Balaban J connectivity index is 2.23. The molecule has 0 unspecified atom stereocenters. The van der Waals surface area contributed by atoms with Gasteiger partial charge >= 0.3 is 0 Å². The van der Waals surface area contributed by atoms with Crippen molar-refractivity contribution in [3.63, 3.8) is 0 Å². The molecule has 0 saturated heterocycles. The van der Waals surface area contributed by atoms with Gasteiger partial charge in [0.05, 0.1) is 5.75 Å². The Labute approximate surface area is 121 Å². The third kappa shape index (κ3) is 1.85. The summed E-state index contributed by atoms with van der Waals surface area (Å²) in [5, 5.41) is 0. The maximum Gasteiger partial charge on any atom is 0.166 e. The van der Waals surface area contributed by atoms with Gasteiger partial charge in [-0.15, -0.1) is 0 Å². The van der Waals surface area contributed by atoms with Gasteiger partial charge in [0.15, 0.2) is 9.84 Å². The van der Waals surface area contributed by atoms with E-state index in [-0.39, 0.29) is 17.1 Å². The molecule has 0 aromatic heterocycles. The summed E-state index contributed by atoms with van der Waals surface area (Å²) in [5.74, 6) is -1.48. The monoisotopic (exact) mass is 315 g/mol. The van der Waals surface area contributed by atoms with Gasteiger partial charge in [-0.2, -0.15) is 0 Å². The second kappa shape index (κ2) is 4.16. The van der Waals surface area contributed by atoms with Crippen LogP contribution in [0.1, 0.15) is 18.4 Å². The summed E-state index contributed by atoms with van der Waals surface area (Å²) in [6.07, 6.45) is 0.763. The lowest BCUT2D eigenvalue weighted by atomic mass is 9.92. The van der Waals surface area contributed by atoms with Gasteiger partial charge in [-0.25, -0.2) is 17.2 Å². The van der Waals surface area contributed by atoms with Crippen LogP contribution in [-0.2, 0) is 15.4 Å². The molecule has 1 aliphatic heterocycles. The molecule has 1 aliphatic carbocycles. The fourth-order valence-electron chi connectivity index (χ4n) is 2.84. The number of hydrogen-bond donors (Lipinski definition) is 2. The Morgan fingerprint density at radius 3 is 2.48 bits per heavy atom. The average Bonchev–Trinajstić information content (AvgIpc) is 3.21. The van der Waals surface area contributed by atoms with E-state index in [1.165, 1.54) is 12.1 Å². The molecule has 0 bridgehead atoms. The summed E-state index contributed by atoms with van der Waals surface area (Å²) in [6, 6.07) is 3.60. The van der Waals surface area contributed by atoms with E-state index >= 15 is 0 Å². The number of amidine groups is 1. The zero-order valence-corrected chi connectivity index (χ0v) is 12.0. The fraction of sp³-hybridized carbons (Fsp3) is 0.462. The molecule has 0 radical (unpaired) electrons. The van der Waals surface area contributed by atoms with Crippen molar-refractivity contribution in [3.05, 3.63) is 29.6 Å². The van der Waals surface area contributed by atoms with Gasteiger partial charge in [-0.1, -0.05) is 0 Å². The summed E-state index contributed by atoms with van der Waals surface area (Å²) in [6.45, 7) is -1.16. The highest BCUT2D eigenvalue weighted by Crippen LogP contribution is 2.50. The van der Waals surface area contributed by atoms with Gasteiger partial charge in [0.1, 0.15) is 28.6 Å². The van der Waals surface area contributed by atoms with Gasteiger partial charge in [0, 0.05) is 11.3 Å². The molecular formula is C13H15F2N3O2S. The SMILES string of the molecule is NC1=N[C@@](CF)(c2cc(N)ccc2F)CS(=O)(=O)C12CC2. The van der Waals surface area contributed by atoms with Crippen molar-refractivity contribution in [2.75, 3.05) is 18.2 Å². The number of nitrogens with two attached hydrogens (primary N) is 2. The molecule has 114 valence electrons. The standard InChI is InChI=1S/C13H15F2N3O2S/c14-6-12(9-5-8(16)1-2-10(9)15)7-21(19,20)13(3-4-13)11(17)18-12/h1-2,5H,3-4,6-7,16H2,(H2,17,18)/t12-/m1/s1. The van der Waals surface area contributed by atoms with Crippen LogP contribution >= 0.6 is 0 Å². The van der Waals surface area contributed by atoms with Crippen molar-refractivity contribution >= 4 is 21.4 Å².